The van der Waals surface area contributed by atoms with E-state index in [1.165, 1.54) is 38.2 Å². The first kappa shape index (κ1) is 15.5. The number of hydrogen-bond acceptors (Lipinski definition) is 0. The second-order valence-electron chi connectivity index (χ2n) is 5.66. The molecule has 0 radical (unpaired) electrons. The standard InChI is InChI=1S/C16H21Br2F/c1-2-4-11-7-8-14(17)13(9-11)10-12-5-3-6-15(19)16(12)18/h3,5-6,11,13-14H,2,4,7-10H2,1H3. The molecule has 19 heavy (non-hydrogen) atoms. The Kier molecular flexibility index (Phi) is 5.88. The van der Waals surface area contributed by atoms with Crippen LogP contribution in [0.5, 0.6) is 0 Å². The van der Waals surface area contributed by atoms with Gasteiger partial charge in [-0.1, -0.05) is 47.8 Å². The summed E-state index contributed by atoms with van der Waals surface area (Å²) in [6.45, 7) is 2.26. The van der Waals surface area contributed by atoms with Crippen molar-refractivity contribution in [1.29, 1.82) is 0 Å². The van der Waals surface area contributed by atoms with Gasteiger partial charge < -0.3 is 0 Å². The lowest BCUT2D eigenvalue weighted by atomic mass is 9.77. The molecule has 0 spiro atoms. The third kappa shape index (κ3) is 4.04. The van der Waals surface area contributed by atoms with Gasteiger partial charge in [-0.15, -0.1) is 0 Å². The van der Waals surface area contributed by atoms with E-state index in [9.17, 15) is 4.39 Å². The molecule has 0 N–H and O–H groups in total. The molecule has 1 aromatic carbocycles. The molecule has 1 aliphatic carbocycles. The van der Waals surface area contributed by atoms with Crippen molar-refractivity contribution in [2.45, 2.75) is 50.3 Å². The van der Waals surface area contributed by atoms with Crippen LogP contribution >= 0.6 is 31.9 Å². The lowest BCUT2D eigenvalue weighted by molar-refractivity contribution is 0.263. The Morgan fingerprint density at radius 3 is 2.84 bits per heavy atom. The normalized spacial score (nSPS) is 27.5. The third-order valence-corrected chi connectivity index (χ3v) is 6.30. The predicted octanol–water partition coefficient (Wildman–Crippen LogP) is 6.11. The largest absolute Gasteiger partial charge is 0.206 e. The van der Waals surface area contributed by atoms with E-state index in [0.29, 0.717) is 15.2 Å². The lowest BCUT2D eigenvalue weighted by Gasteiger charge is -2.33. The number of benzene rings is 1. The third-order valence-electron chi connectivity index (χ3n) is 4.21. The van der Waals surface area contributed by atoms with Gasteiger partial charge in [0, 0.05) is 4.83 Å². The highest BCUT2D eigenvalue weighted by Crippen LogP contribution is 2.38. The maximum atomic E-state index is 13.6. The van der Waals surface area contributed by atoms with Gasteiger partial charge in [0.2, 0.25) is 0 Å². The number of alkyl halides is 1. The van der Waals surface area contributed by atoms with Gasteiger partial charge >= 0.3 is 0 Å². The zero-order valence-corrected chi connectivity index (χ0v) is 14.5. The quantitative estimate of drug-likeness (QED) is 0.543. The second-order valence-corrected chi connectivity index (χ2v) is 7.63. The molecular formula is C16H21Br2F. The van der Waals surface area contributed by atoms with Crippen LogP contribution < -0.4 is 0 Å². The van der Waals surface area contributed by atoms with E-state index >= 15 is 0 Å². The molecule has 3 unspecified atom stereocenters. The molecule has 0 nitrogen and oxygen atoms in total. The first-order valence-electron chi connectivity index (χ1n) is 7.18. The molecule has 1 aliphatic rings. The van der Waals surface area contributed by atoms with Gasteiger partial charge in [0.25, 0.3) is 0 Å². The first-order valence-corrected chi connectivity index (χ1v) is 8.89. The van der Waals surface area contributed by atoms with Crippen LogP contribution in [0, 0.1) is 17.7 Å². The topological polar surface area (TPSA) is 0 Å². The lowest BCUT2D eigenvalue weighted by Crippen LogP contribution is -2.27. The zero-order valence-electron chi connectivity index (χ0n) is 11.3. The molecule has 1 saturated carbocycles. The van der Waals surface area contributed by atoms with Crippen LogP contribution in [0.25, 0.3) is 0 Å². The smallest absolute Gasteiger partial charge is 0.137 e. The Balaban J connectivity index is 2.05. The summed E-state index contributed by atoms with van der Waals surface area (Å²) in [4.78, 5) is 0.579. The highest BCUT2D eigenvalue weighted by atomic mass is 79.9. The molecule has 106 valence electrons. The van der Waals surface area contributed by atoms with Gasteiger partial charge in [0.15, 0.2) is 0 Å². The van der Waals surface area contributed by atoms with Gasteiger partial charge in [-0.2, -0.15) is 0 Å². The summed E-state index contributed by atoms with van der Waals surface area (Å²) in [6.07, 6.45) is 7.43. The van der Waals surface area contributed by atoms with Gasteiger partial charge in [0.1, 0.15) is 5.82 Å². The van der Waals surface area contributed by atoms with Crippen molar-refractivity contribution in [3.63, 3.8) is 0 Å². The van der Waals surface area contributed by atoms with Crippen LogP contribution in [0.3, 0.4) is 0 Å². The highest BCUT2D eigenvalue weighted by Gasteiger charge is 2.29. The fourth-order valence-electron chi connectivity index (χ4n) is 3.19. The first-order chi connectivity index (χ1) is 9.11. The highest BCUT2D eigenvalue weighted by molar-refractivity contribution is 9.10. The molecule has 0 heterocycles. The molecule has 0 amide bonds. The van der Waals surface area contributed by atoms with Gasteiger partial charge in [-0.25, -0.2) is 4.39 Å². The van der Waals surface area contributed by atoms with Crippen molar-refractivity contribution >= 4 is 31.9 Å². The SMILES string of the molecule is CCCC1CCC(Br)C(Cc2cccc(F)c2Br)C1. The van der Waals surface area contributed by atoms with Crippen LogP contribution in [0.2, 0.25) is 0 Å². The van der Waals surface area contributed by atoms with Crippen molar-refractivity contribution in [2.75, 3.05) is 0 Å². The molecule has 0 saturated heterocycles. The molecule has 0 aliphatic heterocycles. The average Bonchev–Trinajstić information content (AvgIpc) is 2.39. The van der Waals surface area contributed by atoms with E-state index in [0.717, 1.165) is 17.9 Å². The molecule has 1 aromatic rings. The van der Waals surface area contributed by atoms with E-state index in [2.05, 4.69) is 38.8 Å². The van der Waals surface area contributed by atoms with Gasteiger partial charge in [0.05, 0.1) is 4.47 Å². The van der Waals surface area contributed by atoms with E-state index in [4.69, 9.17) is 0 Å². The molecule has 0 bridgehead atoms. The molecule has 0 aromatic heterocycles. The summed E-state index contributed by atoms with van der Waals surface area (Å²) in [7, 11) is 0. The minimum absolute atomic E-state index is 0.149. The monoisotopic (exact) mass is 390 g/mol. The summed E-state index contributed by atoms with van der Waals surface area (Å²) in [5, 5.41) is 0. The van der Waals surface area contributed by atoms with Crippen LogP contribution in [0.15, 0.2) is 22.7 Å². The molecular weight excluding hydrogens is 371 g/mol. The summed E-state index contributed by atoms with van der Waals surface area (Å²) >= 11 is 7.21. The Morgan fingerprint density at radius 1 is 1.32 bits per heavy atom. The van der Waals surface area contributed by atoms with E-state index in [1.54, 1.807) is 0 Å². The fraction of sp³-hybridized carbons (Fsp3) is 0.625. The maximum absolute atomic E-state index is 13.6. The molecule has 1 fully saturated rings. The van der Waals surface area contributed by atoms with Crippen molar-refractivity contribution in [2.24, 2.45) is 11.8 Å². The minimum Gasteiger partial charge on any atom is -0.206 e. The summed E-state index contributed by atoms with van der Waals surface area (Å²) in [5.74, 6) is 1.34. The van der Waals surface area contributed by atoms with E-state index in [-0.39, 0.29) is 5.82 Å². The summed E-state index contributed by atoms with van der Waals surface area (Å²) in [6, 6.07) is 5.36. The van der Waals surface area contributed by atoms with E-state index in [1.807, 2.05) is 12.1 Å². The second kappa shape index (κ2) is 7.21. The molecule has 3 atom stereocenters. The van der Waals surface area contributed by atoms with Crippen molar-refractivity contribution < 1.29 is 4.39 Å². The van der Waals surface area contributed by atoms with Gasteiger partial charge in [-0.05, 0) is 65.1 Å². The van der Waals surface area contributed by atoms with Crippen LogP contribution in [0.1, 0.15) is 44.6 Å². The maximum Gasteiger partial charge on any atom is 0.137 e. The number of halogens is 3. The zero-order chi connectivity index (χ0) is 13.8. The minimum atomic E-state index is -0.149. The number of hydrogen-bond donors (Lipinski definition) is 0. The summed E-state index contributed by atoms with van der Waals surface area (Å²) < 4.78 is 14.2. The van der Waals surface area contributed by atoms with Crippen LogP contribution in [0.4, 0.5) is 4.39 Å². The molecule has 3 heteroatoms. The Labute approximate surface area is 132 Å². The Bertz CT molecular complexity index is 419. The van der Waals surface area contributed by atoms with Gasteiger partial charge in [-0.3, -0.25) is 0 Å². The Morgan fingerprint density at radius 2 is 2.11 bits per heavy atom. The summed E-state index contributed by atoms with van der Waals surface area (Å²) in [5.41, 5.74) is 1.10. The average molecular weight is 392 g/mol. The Hall–Kier alpha value is 0.110. The molecule has 2 rings (SSSR count). The van der Waals surface area contributed by atoms with Crippen molar-refractivity contribution in [1.82, 2.24) is 0 Å². The number of rotatable bonds is 4. The van der Waals surface area contributed by atoms with Crippen molar-refractivity contribution in [3.05, 3.63) is 34.1 Å². The van der Waals surface area contributed by atoms with Crippen LogP contribution in [-0.2, 0) is 6.42 Å². The van der Waals surface area contributed by atoms with Crippen molar-refractivity contribution in [3.8, 4) is 0 Å². The van der Waals surface area contributed by atoms with E-state index < -0.39 is 0 Å². The predicted molar refractivity (Wildman–Crippen MR) is 86.3 cm³/mol. The van der Waals surface area contributed by atoms with Crippen LogP contribution in [-0.4, -0.2) is 4.83 Å². The fourth-order valence-corrected chi connectivity index (χ4v) is 4.29.